The highest BCUT2D eigenvalue weighted by Crippen LogP contribution is 2.17. The first-order valence-corrected chi connectivity index (χ1v) is 7.16. The van der Waals surface area contributed by atoms with Crippen molar-refractivity contribution in [2.24, 2.45) is 5.73 Å². The molecule has 0 aliphatic rings. The van der Waals surface area contributed by atoms with E-state index in [0.717, 1.165) is 5.56 Å². The van der Waals surface area contributed by atoms with E-state index in [9.17, 15) is 9.59 Å². The van der Waals surface area contributed by atoms with E-state index in [2.05, 4.69) is 29.4 Å². The maximum atomic E-state index is 11.9. The number of aromatic amines is 1. The molecule has 6 nitrogen and oxygen atoms in total. The maximum Gasteiger partial charge on any atom is 0.271 e. The molecule has 1 aromatic heterocycles. The molecule has 1 atom stereocenters. The molecular weight excluding hydrogens is 280 g/mol. The van der Waals surface area contributed by atoms with Gasteiger partial charge in [0.25, 0.3) is 11.5 Å². The van der Waals surface area contributed by atoms with Crippen LogP contribution in [0.25, 0.3) is 0 Å². The molecule has 1 unspecified atom stereocenters. The largest absolute Gasteiger partial charge is 0.349 e. The Hall–Kier alpha value is -2.47. The first-order valence-electron chi connectivity index (χ1n) is 7.16. The average molecular weight is 300 g/mol. The molecule has 1 amide bonds. The highest BCUT2D eigenvalue weighted by molar-refractivity contribution is 5.91. The zero-order chi connectivity index (χ0) is 16.1. The Morgan fingerprint density at radius 2 is 1.82 bits per heavy atom. The molecule has 0 aliphatic heterocycles. The number of rotatable bonds is 5. The van der Waals surface area contributed by atoms with Gasteiger partial charge in [-0.05, 0) is 23.1 Å². The third kappa shape index (κ3) is 4.02. The fourth-order valence-corrected chi connectivity index (χ4v) is 2.01. The number of nitrogens with one attached hydrogen (secondary N) is 2. The lowest BCUT2D eigenvalue weighted by atomic mass is 9.99. The summed E-state index contributed by atoms with van der Waals surface area (Å²) in [4.78, 5) is 22.8. The maximum absolute atomic E-state index is 11.9. The van der Waals surface area contributed by atoms with E-state index in [0.29, 0.717) is 12.5 Å². The van der Waals surface area contributed by atoms with E-state index >= 15 is 0 Å². The van der Waals surface area contributed by atoms with Crippen LogP contribution < -0.4 is 16.6 Å². The summed E-state index contributed by atoms with van der Waals surface area (Å²) in [6, 6.07) is 10.4. The molecule has 2 rings (SSSR count). The second-order valence-corrected chi connectivity index (χ2v) is 5.44. The molecule has 22 heavy (non-hydrogen) atoms. The van der Waals surface area contributed by atoms with Gasteiger partial charge in [0.15, 0.2) is 0 Å². The van der Waals surface area contributed by atoms with Gasteiger partial charge in [0.05, 0.1) is 0 Å². The Kier molecular flexibility index (Phi) is 5.06. The van der Waals surface area contributed by atoms with Gasteiger partial charge in [0.2, 0.25) is 0 Å². The molecule has 1 aromatic carbocycles. The quantitative estimate of drug-likeness (QED) is 0.775. The van der Waals surface area contributed by atoms with Crippen molar-refractivity contribution in [2.75, 3.05) is 6.54 Å². The van der Waals surface area contributed by atoms with Gasteiger partial charge >= 0.3 is 0 Å². The number of hydrogen-bond acceptors (Lipinski definition) is 4. The summed E-state index contributed by atoms with van der Waals surface area (Å²) in [5.41, 5.74) is 8.09. The number of nitrogens with two attached hydrogens (primary N) is 1. The Labute approximate surface area is 128 Å². The predicted molar refractivity (Wildman–Crippen MR) is 84.7 cm³/mol. The SMILES string of the molecule is CC(C)c1ccc(C(N)CNC(=O)c2ccc(=O)[nH]n2)cc1. The number of nitrogens with zero attached hydrogens (tertiary/aromatic N) is 1. The average Bonchev–Trinajstić information content (AvgIpc) is 2.53. The van der Waals surface area contributed by atoms with E-state index in [1.807, 2.05) is 24.3 Å². The molecule has 0 saturated heterocycles. The van der Waals surface area contributed by atoms with Crippen LogP contribution >= 0.6 is 0 Å². The number of carbonyl (C=O) groups is 1. The van der Waals surface area contributed by atoms with Gasteiger partial charge in [0, 0.05) is 18.7 Å². The van der Waals surface area contributed by atoms with Gasteiger partial charge in [-0.15, -0.1) is 0 Å². The fraction of sp³-hybridized carbons (Fsp3) is 0.312. The summed E-state index contributed by atoms with van der Waals surface area (Å²) in [6.45, 7) is 4.55. The van der Waals surface area contributed by atoms with Crippen molar-refractivity contribution in [2.45, 2.75) is 25.8 Å². The molecule has 6 heteroatoms. The summed E-state index contributed by atoms with van der Waals surface area (Å²) < 4.78 is 0. The molecule has 0 aliphatic carbocycles. The van der Waals surface area contributed by atoms with Gasteiger partial charge in [-0.25, -0.2) is 5.10 Å². The summed E-state index contributed by atoms with van der Waals surface area (Å²) in [5, 5.41) is 8.59. The van der Waals surface area contributed by atoms with Gasteiger partial charge in [-0.3, -0.25) is 9.59 Å². The van der Waals surface area contributed by atoms with Crippen LogP contribution in [0.15, 0.2) is 41.2 Å². The van der Waals surface area contributed by atoms with Crippen molar-refractivity contribution >= 4 is 5.91 Å². The Morgan fingerprint density at radius 1 is 1.18 bits per heavy atom. The van der Waals surface area contributed by atoms with Gasteiger partial charge in [-0.1, -0.05) is 38.1 Å². The highest BCUT2D eigenvalue weighted by atomic mass is 16.2. The molecule has 0 radical (unpaired) electrons. The van der Waals surface area contributed by atoms with Crippen LogP contribution in [0.3, 0.4) is 0 Å². The zero-order valence-electron chi connectivity index (χ0n) is 12.7. The summed E-state index contributed by atoms with van der Waals surface area (Å²) in [6.07, 6.45) is 0. The van der Waals surface area contributed by atoms with Crippen molar-refractivity contribution < 1.29 is 4.79 Å². The Balaban J connectivity index is 1.94. The molecule has 0 bridgehead atoms. The molecular formula is C16H20N4O2. The second kappa shape index (κ2) is 7.00. The number of aromatic nitrogens is 2. The normalized spacial score (nSPS) is 12.2. The molecule has 2 aromatic rings. The van der Waals surface area contributed by atoms with Crippen LogP contribution in [0.1, 0.15) is 47.4 Å². The van der Waals surface area contributed by atoms with E-state index < -0.39 is 0 Å². The van der Waals surface area contributed by atoms with Gasteiger partial charge < -0.3 is 11.1 Å². The van der Waals surface area contributed by atoms with Crippen LogP contribution in [-0.4, -0.2) is 22.6 Å². The Bertz CT molecular complexity index is 672. The molecule has 116 valence electrons. The monoisotopic (exact) mass is 300 g/mol. The number of carbonyl (C=O) groups excluding carboxylic acids is 1. The van der Waals surface area contributed by atoms with Crippen molar-refractivity contribution in [1.29, 1.82) is 0 Å². The summed E-state index contributed by atoms with van der Waals surface area (Å²) >= 11 is 0. The number of hydrogen-bond donors (Lipinski definition) is 3. The number of amides is 1. The molecule has 0 saturated carbocycles. The summed E-state index contributed by atoms with van der Waals surface area (Å²) in [5.74, 6) is 0.0989. The van der Waals surface area contributed by atoms with E-state index in [1.165, 1.54) is 17.7 Å². The van der Waals surface area contributed by atoms with Crippen LogP contribution in [-0.2, 0) is 0 Å². The fourth-order valence-electron chi connectivity index (χ4n) is 2.01. The predicted octanol–water partition coefficient (Wildman–Crippen LogP) is 1.32. The minimum atomic E-state index is -0.370. The zero-order valence-corrected chi connectivity index (χ0v) is 12.7. The van der Waals surface area contributed by atoms with Crippen molar-refractivity contribution in [1.82, 2.24) is 15.5 Å². The van der Waals surface area contributed by atoms with Crippen LogP contribution in [0, 0.1) is 0 Å². The van der Waals surface area contributed by atoms with Crippen molar-refractivity contribution in [3.05, 3.63) is 63.6 Å². The summed E-state index contributed by atoms with van der Waals surface area (Å²) in [7, 11) is 0. The standard InChI is InChI=1S/C16H20N4O2/c1-10(2)11-3-5-12(6-4-11)13(17)9-18-16(22)14-7-8-15(21)20-19-14/h3-8,10,13H,9,17H2,1-2H3,(H,18,22)(H,20,21). The molecule has 4 N–H and O–H groups in total. The molecule has 1 heterocycles. The van der Waals surface area contributed by atoms with Crippen LogP contribution in [0.2, 0.25) is 0 Å². The Morgan fingerprint density at radius 3 is 2.36 bits per heavy atom. The van der Waals surface area contributed by atoms with Gasteiger partial charge in [0.1, 0.15) is 5.69 Å². The second-order valence-electron chi connectivity index (χ2n) is 5.44. The van der Waals surface area contributed by atoms with Gasteiger partial charge in [-0.2, -0.15) is 5.10 Å². The van der Waals surface area contributed by atoms with E-state index in [1.54, 1.807) is 0 Å². The van der Waals surface area contributed by atoms with E-state index in [-0.39, 0.29) is 23.2 Å². The number of benzene rings is 1. The van der Waals surface area contributed by atoms with Crippen LogP contribution in [0.5, 0.6) is 0 Å². The smallest absolute Gasteiger partial charge is 0.271 e. The lowest BCUT2D eigenvalue weighted by Gasteiger charge is -2.14. The third-order valence-electron chi connectivity index (χ3n) is 3.43. The first-order chi connectivity index (χ1) is 10.5. The van der Waals surface area contributed by atoms with E-state index in [4.69, 9.17) is 5.73 Å². The highest BCUT2D eigenvalue weighted by Gasteiger charge is 2.11. The number of H-pyrrole nitrogens is 1. The minimum Gasteiger partial charge on any atom is -0.349 e. The molecule has 0 spiro atoms. The first kappa shape index (κ1) is 15.9. The van der Waals surface area contributed by atoms with Crippen LogP contribution in [0.4, 0.5) is 0 Å². The minimum absolute atomic E-state index is 0.155. The van der Waals surface area contributed by atoms with Crippen molar-refractivity contribution in [3.63, 3.8) is 0 Å². The third-order valence-corrected chi connectivity index (χ3v) is 3.43. The van der Waals surface area contributed by atoms with Crippen molar-refractivity contribution in [3.8, 4) is 0 Å². The topological polar surface area (TPSA) is 101 Å². The lowest BCUT2D eigenvalue weighted by Crippen LogP contribution is -2.32. The lowest BCUT2D eigenvalue weighted by molar-refractivity contribution is 0.0945. The molecule has 0 fully saturated rings.